The maximum absolute atomic E-state index is 12.1. The van der Waals surface area contributed by atoms with Gasteiger partial charge in [-0.15, -0.1) is 0 Å². The highest BCUT2D eigenvalue weighted by atomic mass is 32.2. The van der Waals surface area contributed by atoms with Gasteiger partial charge in [0.15, 0.2) is 0 Å². The maximum Gasteiger partial charge on any atom is 0.410 e. The summed E-state index contributed by atoms with van der Waals surface area (Å²) >= 11 is 0. The molecule has 1 rings (SSSR count). The van der Waals surface area contributed by atoms with Crippen LogP contribution >= 0.6 is 0 Å². The number of piperidine rings is 1. The van der Waals surface area contributed by atoms with Crippen LogP contribution in [0.4, 0.5) is 4.79 Å². The van der Waals surface area contributed by atoms with Gasteiger partial charge in [-0.1, -0.05) is 13.8 Å². The first-order chi connectivity index (χ1) is 10.6. The van der Waals surface area contributed by atoms with Gasteiger partial charge in [0.25, 0.3) is 10.2 Å². The zero-order chi connectivity index (χ0) is 17.7. The minimum absolute atomic E-state index is 0.249. The molecule has 0 bridgehead atoms. The number of hydrogen-bond donors (Lipinski definition) is 1. The highest BCUT2D eigenvalue weighted by Crippen LogP contribution is 2.19. The molecule has 1 aliphatic heterocycles. The van der Waals surface area contributed by atoms with Gasteiger partial charge in [-0.25, -0.2) is 9.52 Å². The van der Waals surface area contributed by atoms with Gasteiger partial charge in [0.2, 0.25) is 0 Å². The van der Waals surface area contributed by atoms with E-state index in [0.717, 1.165) is 12.8 Å². The molecule has 0 radical (unpaired) electrons. The monoisotopic (exact) mass is 349 g/mol. The molecule has 1 aliphatic rings. The molecule has 23 heavy (non-hydrogen) atoms. The van der Waals surface area contributed by atoms with Gasteiger partial charge in [0, 0.05) is 32.7 Å². The zero-order valence-corrected chi connectivity index (χ0v) is 15.8. The predicted molar refractivity (Wildman–Crippen MR) is 90.4 cm³/mol. The molecular weight excluding hydrogens is 318 g/mol. The average Bonchev–Trinajstić information content (AvgIpc) is 2.45. The standard InChI is InChI=1S/C15H31N3O4S/c1-6-18(7-2)23(20,21)16-12-13-8-10-17(11-9-13)14(19)22-15(3,4)5/h13,16H,6-12H2,1-5H3. The first-order valence-electron chi connectivity index (χ1n) is 8.31. The van der Waals surface area contributed by atoms with Crippen LogP contribution in [0.2, 0.25) is 0 Å². The van der Waals surface area contributed by atoms with Crippen LogP contribution in [0.15, 0.2) is 0 Å². The molecule has 7 nitrogen and oxygen atoms in total. The van der Waals surface area contributed by atoms with E-state index < -0.39 is 15.8 Å². The van der Waals surface area contributed by atoms with E-state index in [9.17, 15) is 13.2 Å². The van der Waals surface area contributed by atoms with Crippen LogP contribution in [0.25, 0.3) is 0 Å². The fourth-order valence-corrected chi connectivity index (χ4v) is 3.83. The third-order valence-corrected chi connectivity index (χ3v) is 5.59. The maximum atomic E-state index is 12.1. The zero-order valence-electron chi connectivity index (χ0n) is 15.0. The Bertz CT molecular complexity index is 475. The fraction of sp³-hybridized carbons (Fsp3) is 0.933. The Balaban J connectivity index is 2.41. The Morgan fingerprint density at radius 3 is 2.17 bits per heavy atom. The lowest BCUT2D eigenvalue weighted by molar-refractivity contribution is 0.0185. The molecule has 1 saturated heterocycles. The molecule has 1 N–H and O–H groups in total. The summed E-state index contributed by atoms with van der Waals surface area (Å²) < 4.78 is 33.6. The lowest BCUT2D eigenvalue weighted by Gasteiger charge is -2.33. The van der Waals surface area contributed by atoms with E-state index in [1.54, 1.807) is 4.90 Å². The minimum Gasteiger partial charge on any atom is -0.444 e. The van der Waals surface area contributed by atoms with E-state index in [1.165, 1.54) is 4.31 Å². The quantitative estimate of drug-likeness (QED) is 0.793. The molecule has 1 heterocycles. The first kappa shape index (κ1) is 20.2. The van der Waals surface area contributed by atoms with Crippen molar-refractivity contribution in [3.63, 3.8) is 0 Å². The second-order valence-corrected chi connectivity index (χ2v) is 8.60. The number of nitrogens with one attached hydrogen (secondary N) is 1. The van der Waals surface area contributed by atoms with Gasteiger partial charge in [0.05, 0.1) is 0 Å². The largest absolute Gasteiger partial charge is 0.444 e. The number of hydrogen-bond acceptors (Lipinski definition) is 4. The number of nitrogens with zero attached hydrogens (tertiary/aromatic N) is 2. The van der Waals surface area contributed by atoms with Crippen molar-refractivity contribution in [2.75, 3.05) is 32.7 Å². The number of amides is 1. The minimum atomic E-state index is -3.40. The molecule has 0 aromatic heterocycles. The number of ether oxygens (including phenoxy) is 1. The molecular formula is C15H31N3O4S. The predicted octanol–water partition coefficient (Wildman–Crippen LogP) is 1.81. The van der Waals surface area contributed by atoms with Crippen molar-refractivity contribution in [1.29, 1.82) is 0 Å². The van der Waals surface area contributed by atoms with Crippen molar-refractivity contribution >= 4 is 16.3 Å². The Hall–Kier alpha value is -0.860. The summed E-state index contributed by atoms with van der Waals surface area (Å²) in [6.45, 7) is 11.7. The second kappa shape index (κ2) is 8.30. The molecule has 0 saturated carbocycles. The summed E-state index contributed by atoms with van der Waals surface area (Å²) in [5.41, 5.74) is -0.493. The third kappa shape index (κ3) is 6.64. The SMILES string of the molecule is CCN(CC)S(=O)(=O)NCC1CCN(C(=O)OC(C)(C)C)CC1. The van der Waals surface area contributed by atoms with Gasteiger partial charge < -0.3 is 9.64 Å². The topological polar surface area (TPSA) is 79.0 Å². The van der Waals surface area contributed by atoms with Crippen molar-refractivity contribution in [2.45, 2.75) is 53.1 Å². The fourth-order valence-electron chi connectivity index (χ4n) is 2.52. The molecule has 8 heteroatoms. The molecule has 0 aliphatic carbocycles. The van der Waals surface area contributed by atoms with Crippen molar-refractivity contribution in [1.82, 2.24) is 13.9 Å². The smallest absolute Gasteiger partial charge is 0.410 e. The molecule has 0 spiro atoms. The van der Waals surface area contributed by atoms with Gasteiger partial charge in [0.1, 0.15) is 5.60 Å². The van der Waals surface area contributed by atoms with E-state index in [-0.39, 0.29) is 12.0 Å². The van der Waals surface area contributed by atoms with Crippen LogP contribution in [0, 0.1) is 5.92 Å². The van der Waals surface area contributed by atoms with Gasteiger partial charge in [-0.2, -0.15) is 12.7 Å². The van der Waals surface area contributed by atoms with Crippen LogP contribution < -0.4 is 4.72 Å². The number of rotatable bonds is 6. The van der Waals surface area contributed by atoms with E-state index in [1.807, 2.05) is 34.6 Å². The first-order valence-corrected chi connectivity index (χ1v) is 9.75. The van der Waals surface area contributed by atoms with Crippen LogP contribution in [0.1, 0.15) is 47.5 Å². The lowest BCUT2D eigenvalue weighted by atomic mass is 9.97. The van der Waals surface area contributed by atoms with E-state index in [2.05, 4.69) is 4.72 Å². The Kier molecular flexibility index (Phi) is 7.29. The number of carbonyl (C=O) groups excluding carboxylic acids is 1. The van der Waals surface area contributed by atoms with Crippen LogP contribution in [0.3, 0.4) is 0 Å². The lowest BCUT2D eigenvalue weighted by Crippen LogP contribution is -2.46. The van der Waals surface area contributed by atoms with E-state index in [4.69, 9.17) is 4.74 Å². The molecule has 1 amide bonds. The van der Waals surface area contributed by atoms with Crippen LogP contribution in [0.5, 0.6) is 0 Å². The number of likely N-dealkylation sites (tertiary alicyclic amines) is 1. The Labute approximate surface area is 140 Å². The van der Waals surface area contributed by atoms with Crippen LogP contribution in [-0.4, -0.2) is 62.0 Å². The summed E-state index contributed by atoms with van der Waals surface area (Å²) in [6, 6.07) is 0. The van der Waals surface area contributed by atoms with Gasteiger partial charge in [-0.3, -0.25) is 0 Å². The summed E-state index contributed by atoms with van der Waals surface area (Å²) in [5, 5.41) is 0. The number of carbonyl (C=O) groups is 1. The summed E-state index contributed by atoms with van der Waals surface area (Å²) in [5.74, 6) is 0.249. The summed E-state index contributed by atoms with van der Waals surface area (Å²) in [7, 11) is -3.40. The molecule has 1 fully saturated rings. The molecule has 0 aromatic carbocycles. The molecule has 0 unspecified atom stereocenters. The van der Waals surface area contributed by atoms with Crippen LogP contribution in [-0.2, 0) is 14.9 Å². The second-order valence-electron chi connectivity index (χ2n) is 6.85. The summed E-state index contributed by atoms with van der Waals surface area (Å²) in [6.07, 6.45) is 1.26. The third-order valence-electron chi connectivity index (χ3n) is 3.87. The average molecular weight is 349 g/mol. The Morgan fingerprint density at radius 1 is 1.22 bits per heavy atom. The Morgan fingerprint density at radius 2 is 1.74 bits per heavy atom. The van der Waals surface area contributed by atoms with Crippen molar-refractivity contribution in [3.8, 4) is 0 Å². The summed E-state index contributed by atoms with van der Waals surface area (Å²) in [4.78, 5) is 13.7. The van der Waals surface area contributed by atoms with E-state index >= 15 is 0 Å². The van der Waals surface area contributed by atoms with Crippen molar-refractivity contribution < 1.29 is 17.9 Å². The van der Waals surface area contributed by atoms with Crippen molar-refractivity contribution in [2.24, 2.45) is 5.92 Å². The van der Waals surface area contributed by atoms with Crippen molar-refractivity contribution in [3.05, 3.63) is 0 Å². The normalized spacial score (nSPS) is 17.6. The van der Waals surface area contributed by atoms with Gasteiger partial charge in [-0.05, 0) is 39.5 Å². The van der Waals surface area contributed by atoms with Gasteiger partial charge >= 0.3 is 6.09 Å². The van der Waals surface area contributed by atoms with E-state index in [0.29, 0.717) is 32.7 Å². The highest BCUT2D eigenvalue weighted by molar-refractivity contribution is 7.87. The molecule has 136 valence electrons. The molecule has 0 atom stereocenters. The molecule has 0 aromatic rings. The highest BCUT2D eigenvalue weighted by Gasteiger charge is 2.28.